The van der Waals surface area contributed by atoms with Crippen molar-refractivity contribution in [3.63, 3.8) is 0 Å². The third-order valence-electron chi connectivity index (χ3n) is 3.86. The molecule has 0 bridgehead atoms. The molecule has 1 aliphatic rings. The van der Waals surface area contributed by atoms with Crippen molar-refractivity contribution in [3.05, 3.63) is 65.5 Å². The highest BCUT2D eigenvalue weighted by molar-refractivity contribution is 5.77. The van der Waals surface area contributed by atoms with E-state index in [2.05, 4.69) is 0 Å². The normalized spacial score (nSPS) is 16.8. The van der Waals surface area contributed by atoms with Gasteiger partial charge in [0.2, 0.25) is 0 Å². The van der Waals surface area contributed by atoms with Crippen molar-refractivity contribution >= 4 is 5.57 Å². The van der Waals surface area contributed by atoms with Crippen molar-refractivity contribution in [2.75, 3.05) is 7.11 Å². The van der Waals surface area contributed by atoms with Crippen LogP contribution in [0.3, 0.4) is 0 Å². The highest BCUT2D eigenvalue weighted by atomic mass is 19.1. The number of methoxy groups -OCH3 is 1. The van der Waals surface area contributed by atoms with E-state index < -0.39 is 11.7 Å². The third-order valence-corrected chi connectivity index (χ3v) is 3.86. The number of benzene rings is 2. The van der Waals surface area contributed by atoms with Gasteiger partial charge in [0.25, 0.3) is 0 Å². The Morgan fingerprint density at radius 1 is 1.13 bits per heavy atom. The van der Waals surface area contributed by atoms with E-state index in [1.54, 1.807) is 19.2 Å². The van der Waals surface area contributed by atoms with Gasteiger partial charge in [0.05, 0.1) is 7.11 Å². The van der Waals surface area contributed by atoms with Crippen LogP contribution in [0.15, 0.2) is 48.5 Å². The van der Waals surface area contributed by atoms with Gasteiger partial charge in [-0.15, -0.1) is 0 Å². The summed E-state index contributed by atoms with van der Waals surface area (Å²) in [6, 6.07) is 11.4. The molecule has 0 radical (unpaired) electrons. The number of aliphatic hydroxyl groups is 1. The molecule has 23 heavy (non-hydrogen) atoms. The summed E-state index contributed by atoms with van der Waals surface area (Å²) in [7, 11) is 1.60. The summed E-state index contributed by atoms with van der Waals surface area (Å²) >= 11 is 0. The van der Waals surface area contributed by atoms with Gasteiger partial charge in [-0.3, -0.25) is 0 Å². The molecule has 2 aromatic carbocycles. The zero-order valence-corrected chi connectivity index (χ0v) is 13.3. The average Bonchev–Trinajstić information content (AvgIpc) is 2.52. The van der Waals surface area contributed by atoms with Crippen LogP contribution in [0.2, 0.25) is 0 Å². The maximum absolute atomic E-state index is 13.1. The molecule has 3 rings (SSSR count). The van der Waals surface area contributed by atoms with Gasteiger partial charge < -0.3 is 14.6 Å². The standard InChI is InChI=1S/C19H19FO3/c1-19(2)11-16(18(21)12-4-6-13(20)7-5-12)15-9-8-14(22-3)10-17(15)23-19/h4-11,18,21H,1-3H3. The molecule has 120 valence electrons. The minimum atomic E-state index is -0.856. The fourth-order valence-electron chi connectivity index (χ4n) is 2.77. The predicted octanol–water partition coefficient (Wildman–Crippen LogP) is 4.12. The first-order valence-corrected chi connectivity index (χ1v) is 7.43. The topological polar surface area (TPSA) is 38.7 Å². The molecular weight excluding hydrogens is 295 g/mol. The van der Waals surface area contributed by atoms with E-state index in [0.29, 0.717) is 17.1 Å². The number of rotatable bonds is 3. The lowest BCUT2D eigenvalue weighted by Crippen LogP contribution is -2.30. The zero-order valence-electron chi connectivity index (χ0n) is 13.3. The summed E-state index contributed by atoms with van der Waals surface area (Å²) in [6.45, 7) is 3.85. The van der Waals surface area contributed by atoms with Gasteiger partial charge in [-0.25, -0.2) is 4.39 Å². The number of hydrogen-bond donors (Lipinski definition) is 1. The lowest BCUT2D eigenvalue weighted by molar-refractivity contribution is 0.152. The highest BCUT2D eigenvalue weighted by Gasteiger charge is 2.30. The van der Waals surface area contributed by atoms with Crippen LogP contribution >= 0.6 is 0 Å². The predicted molar refractivity (Wildman–Crippen MR) is 87.0 cm³/mol. The van der Waals surface area contributed by atoms with Crippen LogP contribution in [0, 0.1) is 5.82 Å². The summed E-state index contributed by atoms with van der Waals surface area (Å²) in [6.07, 6.45) is 1.04. The SMILES string of the molecule is COc1ccc2c(c1)OC(C)(C)C=C2C(O)c1ccc(F)cc1. The molecule has 1 aliphatic heterocycles. The van der Waals surface area contributed by atoms with E-state index in [-0.39, 0.29) is 5.82 Å². The number of aliphatic hydroxyl groups excluding tert-OH is 1. The van der Waals surface area contributed by atoms with Gasteiger partial charge >= 0.3 is 0 Å². The molecular formula is C19H19FO3. The molecule has 2 aromatic rings. The Labute approximate surface area is 135 Å². The van der Waals surface area contributed by atoms with Crippen molar-refractivity contribution in [2.45, 2.75) is 25.6 Å². The van der Waals surface area contributed by atoms with Gasteiger partial charge in [0.15, 0.2) is 0 Å². The van der Waals surface area contributed by atoms with Crippen LogP contribution in [0.4, 0.5) is 4.39 Å². The number of hydrogen-bond acceptors (Lipinski definition) is 3. The molecule has 0 amide bonds. The Kier molecular flexibility index (Phi) is 3.86. The first kappa shape index (κ1) is 15.6. The van der Waals surface area contributed by atoms with E-state index in [1.165, 1.54) is 12.1 Å². The summed E-state index contributed by atoms with van der Waals surface area (Å²) in [4.78, 5) is 0. The van der Waals surface area contributed by atoms with Crippen LogP contribution in [-0.4, -0.2) is 17.8 Å². The molecule has 1 N–H and O–H groups in total. The highest BCUT2D eigenvalue weighted by Crippen LogP contribution is 2.43. The first-order chi connectivity index (χ1) is 10.9. The molecule has 1 unspecified atom stereocenters. The van der Waals surface area contributed by atoms with Crippen molar-refractivity contribution in [1.29, 1.82) is 0 Å². The molecule has 4 heteroatoms. The van der Waals surface area contributed by atoms with Crippen LogP contribution in [0.25, 0.3) is 5.57 Å². The smallest absolute Gasteiger partial charge is 0.131 e. The molecule has 0 fully saturated rings. The molecule has 0 saturated carbocycles. The van der Waals surface area contributed by atoms with Crippen molar-refractivity contribution in [1.82, 2.24) is 0 Å². The first-order valence-electron chi connectivity index (χ1n) is 7.43. The Balaban J connectivity index is 2.06. The molecule has 0 spiro atoms. The van der Waals surface area contributed by atoms with Crippen molar-refractivity contribution in [3.8, 4) is 11.5 Å². The Hall–Kier alpha value is -2.33. The lowest BCUT2D eigenvalue weighted by atomic mass is 9.88. The largest absolute Gasteiger partial charge is 0.497 e. The maximum Gasteiger partial charge on any atom is 0.131 e. The fourth-order valence-corrected chi connectivity index (χ4v) is 2.77. The van der Waals surface area contributed by atoms with Gasteiger partial charge in [0.1, 0.15) is 29.0 Å². The second-order valence-electron chi connectivity index (χ2n) is 6.12. The fraction of sp³-hybridized carbons (Fsp3) is 0.263. The molecule has 1 heterocycles. The van der Waals surface area contributed by atoms with E-state index in [9.17, 15) is 9.50 Å². The van der Waals surface area contributed by atoms with Crippen LogP contribution in [-0.2, 0) is 0 Å². The van der Waals surface area contributed by atoms with Crippen molar-refractivity contribution in [2.24, 2.45) is 0 Å². The molecule has 0 aliphatic carbocycles. The second kappa shape index (κ2) is 5.70. The van der Waals surface area contributed by atoms with E-state index in [1.807, 2.05) is 38.1 Å². The zero-order chi connectivity index (χ0) is 16.6. The van der Waals surface area contributed by atoms with Crippen LogP contribution in [0.5, 0.6) is 11.5 Å². The minimum absolute atomic E-state index is 0.327. The number of ether oxygens (including phenoxy) is 2. The molecule has 3 nitrogen and oxygen atoms in total. The Morgan fingerprint density at radius 3 is 2.48 bits per heavy atom. The Morgan fingerprint density at radius 2 is 1.83 bits per heavy atom. The number of halogens is 1. The molecule has 0 aromatic heterocycles. The molecule has 0 saturated heterocycles. The minimum Gasteiger partial charge on any atom is -0.497 e. The van der Waals surface area contributed by atoms with Gasteiger partial charge in [-0.2, -0.15) is 0 Å². The summed E-state index contributed by atoms with van der Waals surface area (Å²) in [5.41, 5.74) is 1.62. The van der Waals surface area contributed by atoms with Gasteiger partial charge in [-0.05, 0) is 55.3 Å². The van der Waals surface area contributed by atoms with Crippen molar-refractivity contribution < 1.29 is 19.0 Å². The maximum atomic E-state index is 13.1. The monoisotopic (exact) mass is 314 g/mol. The average molecular weight is 314 g/mol. The summed E-state index contributed by atoms with van der Waals surface area (Å²) < 4.78 is 24.3. The van der Waals surface area contributed by atoms with Crippen LogP contribution in [0.1, 0.15) is 31.1 Å². The van der Waals surface area contributed by atoms with E-state index >= 15 is 0 Å². The van der Waals surface area contributed by atoms with E-state index in [0.717, 1.165) is 11.1 Å². The molecule has 1 atom stereocenters. The third kappa shape index (κ3) is 3.08. The van der Waals surface area contributed by atoms with Crippen LogP contribution < -0.4 is 9.47 Å². The number of fused-ring (bicyclic) bond motifs is 1. The second-order valence-corrected chi connectivity index (χ2v) is 6.12. The summed E-state index contributed by atoms with van der Waals surface area (Å²) in [5, 5.41) is 10.8. The van der Waals surface area contributed by atoms with Gasteiger partial charge in [0, 0.05) is 11.6 Å². The summed E-state index contributed by atoms with van der Waals surface area (Å²) in [5.74, 6) is 1.03. The quantitative estimate of drug-likeness (QED) is 0.926. The van der Waals surface area contributed by atoms with E-state index in [4.69, 9.17) is 9.47 Å². The lowest BCUT2D eigenvalue weighted by Gasteiger charge is -2.33. The van der Waals surface area contributed by atoms with Gasteiger partial charge in [-0.1, -0.05) is 12.1 Å². The Bertz CT molecular complexity index is 748.